The molecule has 2 N–H and O–H groups in total. The van der Waals surface area contributed by atoms with E-state index in [1.165, 1.54) is 0 Å². The van der Waals surface area contributed by atoms with Crippen LogP contribution in [-0.4, -0.2) is 39.1 Å². The second kappa shape index (κ2) is 6.12. The Morgan fingerprint density at radius 2 is 1.94 bits per heavy atom. The van der Waals surface area contributed by atoms with Gasteiger partial charge in [0.05, 0.1) is 5.56 Å². The summed E-state index contributed by atoms with van der Waals surface area (Å²) in [6.07, 6.45) is 1.09. The molecule has 0 aliphatic heterocycles. The first-order valence-corrected chi connectivity index (χ1v) is 5.70. The molecule has 0 spiro atoms. The number of nitrogens with zero attached hydrogens (tertiary/aromatic N) is 3. The van der Waals surface area contributed by atoms with Gasteiger partial charge in [-0.3, -0.25) is 0 Å². The summed E-state index contributed by atoms with van der Waals surface area (Å²) in [6.45, 7) is 2.03. The molecule has 4 nitrogen and oxygen atoms in total. The van der Waals surface area contributed by atoms with Crippen molar-refractivity contribution in [3.8, 4) is 6.07 Å². The van der Waals surface area contributed by atoms with Crippen molar-refractivity contribution in [3.63, 3.8) is 0 Å². The molecule has 0 bridgehead atoms. The molecule has 0 saturated carbocycles. The first-order chi connectivity index (χ1) is 8.04. The number of nitriles is 1. The predicted molar refractivity (Wildman–Crippen MR) is 72.0 cm³/mol. The van der Waals surface area contributed by atoms with E-state index in [0.717, 1.165) is 25.2 Å². The van der Waals surface area contributed by atoms with Crippen LogP contribution in [-0.2, 0) is 0 Å². The van der Waals surface area contributed by atoms with Gasteiger partial charge in [0, 0.05) is 25.0 Å². The van der Waals surface area contributed by atoms with E-state index in [9.17, 15) is 0 Å². The van der Waals surface area contributed by atoms with Crippen molar-refractivity contribution in [1.82, 2.24) is 4.90 Å². The molecule has 1 rings (SSSR count). The second-order valence-corrected chi connectivity index (χ2v) is 4.46. The standard InChI is InChI=1S/C13H20N4/c1-16(2)7-4-8-17(3)12-5-6-13(15)11(9-12)10-14/h5-6,9H,4,7-8,15H2,1-3H3. The van der Waals surface area contributed by atoms with Crippen molar-refractivity contribution in [3.05, 3.63) is 23.8 Å². The van der Waals surface area contributed by atoms with Gasteiger partial charge >= 0.3 is 0 Å². The summed E-state index contributed by atoms with van der Waals surface area (Å²) in [4.78, 5) is 4.31. The molecule has 1 aromatic carbocycles. The molecule has 0 radical (unpaired) electrons. The summed E-state index contributed by atoms with van der Waals surface area (Å²) in [5, 5.41) is 8.92. The number of nitrogen functional groups attached to an aromatic ring is 1. The third-order valence-corrected chi connectivity index (χ3v) is 2.70. The molecular formula is C13H20N4. The molecule has 0 aromatic heterocycles. The lowest BCUT2D eigenvalue weighted by Gasteiger charge is -2.20. The smallest absolute Gasteiger partial charge is 0.101 e. The SMILES string of the molecule is CN(C)CCCN(C)c1ccc(N)c(C#N)c1. The molecule has 0 heterocycles. The first-order valence-electron chi connectivity index (χ1n) is 5.70. The van der Waals surface area contributed by atoms with Crippen LogP contribution in [0.3, 0.4) is 0 Å². The third kappa shape index (κ3) is 3.97. The van der Waals surface area contributed by atoms with Gasteiger partial charge in [-0.25, -0.2) is 0 Å². The highest BCUT2D eigenvalue weighted by atomic mass is 15.1. The van der Waals surface area contributed by atoms with Gasteiger partial charge < -0.3 is 15.5 Å². The van der Waals surface area contributed by atoms with E-state index in [4.69, 9.17) is 11.0 Å². The van der Waals surface area contributed by atoms with E-state index in [1.807, 2.05) is 19.2 Å². The summed E-state index contributed by atoms with van der Waals surface area (Å²) in [7, 11) is 6.16. The van der Waals surface area contributed by atoms with Crippen molar-refractivity contribution in [1.29, 1.82) is 5.26 Å². The average molecular weight is 232 g/mol. The van der Waals surface area contributed by atoms with Gasteiger partial charge in [-0.1, -0.05) is 0 Å². The quantitative estimate of drug-likeness (QED) is 0.782. The number of hydrogen-bond donors (Lipinski definition) is 1. The topological polar surface area (TPSA) is 56.3 Å². The zero-order valence-corrected chi connectivity index (χ0v) is 10.8. The van der Waals surface area contributed by atoms with Crippen LogP contribution in [0, 0.1) is 11.3 Å². The monoisotopic (exact) mass is 232 g/mol. The minimum atomic E-state index is 0.540. The summed E-state index contributed by atoms with van der Waals surface area (Å²) in [5.74, 6) is 0. The van der Waals surface area contributed by atoms with Gasteiger partial charge in [0.25, 0.3) is 0 Å². The molecule has 0 atom stereocenters. The van der Waals surface area contributed by atoms with Gasteiger partial charge in [-0.15, -0.1) is 0 Å². The summed E-state index contributed by atoms with van der Waals surface area (Å²) in [5.41, 5.74) is 7.81. The second-order valence-electron chi connectivity index (χ2n) is 4.46. The lowest BCUT2D eigenvalue weighted by atomic mass is 10.1. The number of rotatable bonds is 5. The van der Waals surface area contributed by atoms with Crippen LogP contribution in [0.5, 0.6) is 0 Å². The van der Waals surface area contributed by atoms with Gasteiger partial charge in [-0.2, -0.15) is 5.26 Å². The number of anilines is 2. The van der Waals surface area contributed by atoms with Crippen LogP contribution in [0.15, 0.2) is 18.2 Å². The molecule has 0 amide bonds. The number of benzene rings is 1. The van der Waals surface area contributed by atoms with Crippen LogP contribution in [0.4, 0.5) is 11.4 Å². The molecule has 0 fully saturated rings. The maximum atomic E-state index is 8.92. The summed E-state index contributed by atoms with van der Waals surface area (Å²) < 4.78 is 0. The zero-order valence-electron chi connectivity index (χ0n) is 10.8. The highest BCUT2D eigenvalue weighted by Crippen LogP contribution is 2.19. The normalized spacial score (nSPS) is 10.3. The third-order valence-electron chi connectivity index (χ3n) is 2.70. The maximum Gasteiger partial charge on any atom is 0.101 e. The van der Waals surface area contributed by atoms with Crippen molar-refractivity contribution in [2.45, 2.75) is 6.42 Å². The fraction of sp³-hybridized carbons (Fsp3) is 0.462. The lowest BCUT2D eigenvalue weighted by Crippen LogP contribution is -2.23. The molecule has 0 aliphatic rings. The molecule has 0 saturated heterocycles. The van der Waals surface area contributed by atoms with Crippen LogP contribution >= 0.6 is 0 Å². The highest BCUT2D eigenvalue weighted by molar-refractivity contribution is 5.62. The van der Waals surface area contributed by atoms with E-state index in [2.05, 4.69) is 30.0 Å². The predicted octanol–water partition coefficient (Wildman–Crippen LogP) is 1.53. The Morgan fingerprint density at radius 3 is 2.53 bits per heavy atom. The Hall–Kier alpha value is -1.73. The van der Waals surface area contributed by atoms with Crippen molar-refractivity contribution < 1.29 is 0 Å². The molecule has 92 valence electrons. The minimum Gasteiger partial charge on any atom is -0.398 e. The summed E-state index contributed by atoms with van der Waals surface area (Å²) >= 11 is 0. The zero-order chi connectivity index (χ0) is 12.8. The van der Waals surface area contributed by atoms with Gasteiger partial charge in [-0.05, 0) is 45.3 Å². The maximum absolute atomic E-state index is 8.92. The van der Waals surface area contributed by atoms with Crippen molar-refractivity contribution in [2.75, 3.05) is 44.9 Å². The molecule has 1 aromatic rings. The first kappa shape index (κ1) is 13.3. The van der Waals surface area contributed by atoms with Gasteiger partial charge in [0.15, 0.2) is 0 Å². The van der Waals surface area contributed by atoms with E-state index < -0.39 is 0 Å². The van der Waals surface area contributed by atoms with Crippen LogP contribution in [0.2, 0.25) is 0 Å². The van der Waals surface area contributed by atoms with Crippen molar-refractivity contribution in [2.24, 2.45) is 0 Å². The highest BCUT2D eigenvalue weighted by Gasteiger charge is 2.04. The Labute approximate surface area is 103 Å². The number of nitrogens with two attached hydrogens (primary N) is 1. The Morgan fingerprint density at radius 1 is 1.24 bits per heavy atom. The van der Waals surface area contributed by atoms with Crippen LogP contribution < -0.4 is 10.6 Å². The van der Waals surface area contributed by atoms with Crippen LogP contribution in [0.1, 0.15) is 12.0 Å². The largest absolute Gasteiger partial charge is 0.398 e. The average Bonchev–Trinajstić information content (AvgIpc) is 2.29. The summed E-state index contributed by atoms with van der Waals surface area (Å²) in [6, 6.07) is 7.68. The molecular weight excluding hydrogens is 212 g/mol. The van der Waals surface area contributed by atoms with E-state index in [-0.39, 0.29) is 0 Å². The fourth-order valence-electron chi connectivity index (χ4n) is 1.63. The van der Waals surface area contributed by atoms with E-state index >= 15 is 0 Å². The van der Waals surface area contributed by atoms with Crippen molar-refractivity contribution >= 4 is 11.4 Å². The molecule has 4 heteroatoms. The van der Waals surface area contributed by atoms with E-state index in [1.54, 1.807) is 6.07 Å². The Balaban J connectivity index is 2.63. The molecule has 17 heavy (non-hydrogen) atoms. The van der Waals surface area contributed by atoms with Crippen LogP contribution in [0.25, 0.3) is 0 Å². The number of hydrogen-bond acceptors (Lipinski definition) is 4. The van der Waals surface area contributed by atoms with E-state index in [0.29, 0.717) is 11.3 Å². The Kier molecular flexibility index (Phi) is 4.80. The van der Waals surface area contributed by atoms with Gasteiger partial charge in [0.1, 0.15) is 6.07 Å². The molecule has 0 unspecified atom stereocenters. The molecule has 0 aliphatic carbocycles. The lowest BCUT2D eigenvalue weighted by molar-refractivity contribution is 0.401. The minimum absolute atomic E-state index is 0.540. The fourth-order valence-corrected chi connectivity index (χ4v) is 1.63. The Bertz CT molecular complexity index is 406. The van der Waals surface area contributed by atoms with Gasteiger partial charge in [0.2, 0.25) is 0 Å².